The van der Waals surface area contributed by atoms with Crippen LogP contribution in [0.25, 0.3) is 0 Å². The van der Waals surface area contributed by atoms with E-state index < -0.39 is 17.7 Å². The molecule has 0 saturated carbocycles. The summed E-state index contributed by atoms with van der Waals surface area (Å²) in [4.78, 5) is 2.09. The number of hydrogen-bond acceptors (Lipinski definition) is 3. The molecule has 1 fully saturated rings. The lowest BCUT2D eigenvalue weighted by molar-refractivity contribution is 0.122. The summed E-state index contributed by atoms with van der Waals surface area (Å²) in [5, 5.41) is 13.7. The van der Waals surface area contributed by atoms with Gasteiger partial charge in [0.15, 0.2) is 0 Å². The van der Waals surface area contributed by atoms with E-state index in [1.54, 1.807) is 0 Å². The molecule has 2 atom stereocenters. The maximum absolute atomic E-state index is 13.7. The lowest BCUT2D eigenvalue weighted by Crippen LogP contribution is -2.30. The SMILES string of the molecule is OC(CN1CCC(Nc2ccccc2)C1)c1ccc(F)cc1F. The number of nitrogens with one attached hydrogen (secondary N) is 1. The summed E-state index contributed by atoms with van der Waals surface area (Å²) in [6.45, 7) is 1.97. The summed E-state index contributed by atoms with van der Waals surface area (Å²) < 4.78 is 26.6. The van der Waals surface area contributed by atoms with E-state index in [-0.39, 0.29) is 5.56 Å². The van der Waals surface area contributed by atoms with Crippen molar-refractivity contribution in [3.63, 3.8) is 0 Å². The molecule has 23 heavy (non-hydrogen) atoms. The Morgan fingerprint density at radius 2 is 1.96 bits per heavy atom. The molecule has 0 aliphatic carbocycles. The van der Waals surface area contributed by atoms with Crippen molar-refractivity contribution in [1.82, 2.24) is 4.90 Å². The highest BCUT2D eigenvalue weighted by molar-refractivity contribution is 5.43. The van der Waals surface area contributed by atoms with Crippen LogP contribution in [-0.2, 0) is 0 Å². The molecule has 3 nitrogen and oxygen atoms in total. The highest BCUT2D eigenvalue weighted by Crippen LogP contribution is 2.22. The third kappa shape index (κ3) is 4.06. The maximum Gasteiger partial charge on any atom is 0.131 e. The fourth-order valence-corrected chi connectivity index (χ4v) is 3.00. The molecule has 1 heterocycles. The fraction of sp³-hybridized carbons (Fsp3) is 0.333. The van der Waals surface area contributed by atoms with Crippen molar-refractivity contribution in [2.45, 2.75) is 18.6 Å². The Kier molecular flexibility index (Phi) is 4.88. The van der Waals surface area contributed by atoms with Gasteiger partial charge < -0.3 is 10.4 Å². The summed E-state index contributed by atoms with van der Waals surface area (Å²) in [6.07, 6.45) is 0.0131. The van der Waals surface area contributed by atoms with Crippen molar-refractivity contribution in [2.75, 3.05) is 25.0 Å². The Morgan fingerprint density at radius 3 is 2.70 bits per heavy atom. The van der Waals surface area contributed by atoms with Gasteiger partial charge >= 0.3 is 0 Å². The van der Waals surface area contributed by atoms with E-state index in [4.69, 9.17) is 0 Å². The molecule has 1 aliphatic heterocycles. The summed E-state index contributed by atoms with van der Waals surface area (Å²) in [5.41, 5.74) is 1.22. The van der Waals surface area contributed by atoms with Gasteiger partial charge in [0.1, 0.15) is 11.6 Å². The molecule has 3 rings (SSSR count). The number of nitrogens with zero attached hydrogens (tertiary/aromatic N) is 1. The average Bonchev–Trinajstić information content (AvgIpc) is 2.95. The standard InChI is InChI=1S/C18H20F2N2O/c19-13-6-7-16(17(20)10-13)18(23)12-22-9-8-15(11-22)21-14-4-2-1-3-5-14/h1-7,10,15,18,21,23H,8-9,11-12H2. The van der Waals surface area contributed by atoms with Crippen LogP contribution in [0.5, 0.6) is 0 Å². The minimum absolute atomic E-state index is 0.144. The Bertz CT molecular complexity index is 651. The maximum atomic E-state index is 13.7. The molecule has 5 heteroatoms. The van der Waals surface area contributed by atoms with E-state index in [0.717, 1.165) is 31.3 Å². The third-order valence-corrected chi connectivity index (χ3v) is 4.17. The normalized spacial score (nSPS) is 19.7. The minimum Gasteiger partial charge on any atom is -0.387 e. The molecule has 0 radical (unpaired) electrons. The zero-order valence-electron chi connectivity index (χ0n) is 12.8. The number of β-amino-alcohol motifs (C(OH)–C–C–N with tert-alkyl or cyclic N) is 1. The van der Waals surface area contributed by atoms with Gasteiger partial charge in [0.05, 0.1) is 6.10 Å². The highest BCUT2D eigenvalue weighted by atomic mass is 19.1. The van der Waals surface area contributed by atoms with E-state index in [1.807, 2.05) is 30.3 Å². The van der Waals surface area contributed by atoms with Gasteiger partial charge in [-0.05, 0) is 24.6 Å². The molecule has 0 spiro atoms. The highest BCUT2D eigenvalue weighted by Gasteiger charge is 2.25. The van der Waals surface area contributed by atoms with Gasteiger partial charge in [0.25, 0.3) is 0 Å². The second-order valence-corrected chi connectivity index (χ2v) is 5.94. The van der Waals surface area contributed by atoms with E-state index in [2.05, 4.69) is 10.2 Å². The van der Waals surface area contributed by atoms with Crippen molar-refractivity contribution in [3.05, 3.63) is 65.7 Å². The van der Waals surface area contributed by atoms with Gasteiger partial charge in [0, 0.05) is 43.0 Å². The van der Waals surface area contributed by atoms with Crippen LogP contribution in [-0.4, -0.2) is 35.7 Å². The quantitative estimate of drug-likeness (QED) is 0.889. The van der Waals surface area contributed by atoms with Crippen LogP contribution >= 0.6 is 0 Å². The van der Waals surface area contributed by atoms with E-state index in [1.165, 1.54) is 12.1 Å². The smallest absolute Gasteiger partial charge is 0.131 e. The Balaban J connectivity index is 1.55. The number of aliphatic hydroxyl groups excluding tert-OH is 1. The predicted octanol–water partition coefficient (Wildman–Crippen LogP) is 3.18. The lowest BCUT2D eigenvalue weighted by atomic mass is 10.1. The number of benzene rings is 2. The van der Waals surface area contributed by atoms with Crippen molar-refractivity contribution < 1.29 is 13.9 Å². The second-order valence-electron chi connectivity index (χ2n) is 5.94. The fourth-order valence-electron chi connectivity index (χ4n) is 3.00. The van der Waals surface area contributed by atoms with Crippen LogP contribution < -0.4 is 5.32 Å². The van der Waals surface area contributed by atoms with Crippen LogP contribution in [0.2, 0.25) is 0 Å². The van der Waals surface area contributed by atoms with E-state index in [9.17, 15) is 13.9 Å². The molecule has 1 aliphatic rings. The van der Waals surface area contributed by atoms with Gasteiger partial charge in [0.2, 0.25) is 0 Å². The van der Waals surface area contributed by atoms with E-state index in [0.29, 0.717) is 12.6 Å². The molecule has 1 saturated heterocycles. The summed E-state index contributed by atoms with van der Waals surface area (Å²) in [7, 11) is 0. The van der Waals surface area contributed by atoms with Crippen LogP contribution in [0.3, 0.4) is 0 Å². The molecular weight excluding hydrogens is 298 g/mol. The number of anilines is 1. The van der Waals surface area contributed by atoms with Gasteiger partial charge in [-0.15, -0.1) is 0 Å². The summed E-state index contributed by atoms with van der Waals surface area (Å²) in [5.74, 6) is -1.33. The first-order valence-corrected chi connectivity index (χ1v) is 7.79. The number of halogens is 2. The number of para-hydroxylation sites is 1. The number of aliphatic hydroxyl groups is 1. The van der Waals surface area contributed by atoms with Crippen LogP contribution in [0.15, 0.2) is 48.5 Å². The molecule has 2 N–H and O–H groups in total. The second kappa shape index (κ2) is 7.06. The average molecular weight is 318 g/mol. The first-order valence-electron chi connectivity index (χ1n) is 7.79. The molecule has 2 unspecified atom stereocenters. The third-order valence-electron chi connectivity index (χ3n) is 4.17. The zero-order chi connectivity index (χ0) is 16.2. The number of hydrogen-bond donors (Lipinski definition) is 2. The Labute approximate surface area is 134 Å². The van der Waals surface area contributed by atoms with Gasteiger partial charge in [-0.25, -0.2) is 8.78 Å². The molecule has 0 aromatic heterocycles. The van der Waals surface area contributed by atoms with Crippen molar-refractivity contribution >= 4 is 5.69 Å². The van der Waals surface area contributed by atoms with Crippen molar-refractivity contribution in [1.29, 1.82) is 0 Å². The molecule has 0 amide bonds. The molecular formula is C18H20F2N2O. The summed E-state index contributed by atoms with van der Waals surface area (Å²) >= 11 is 0. The van der Waals surface area contributed by atoms with Crippen molar-refractivity contribution in [2.24, 2.45) is 0 Å². The molecule has 0 bridgehead atoms. The first kappa shape index (κ1) is 15.9. The Hall–Kier alpha value is -1.98. The van der Waals surface area contributed by atoms with Gasteiger partial charge in [-0.2, -0.15) is 0 Å². The predicted molar refractivity (Wildman–Crippen MR) is 86.2 cm³/mol. The zero-order valence-corrected chi connectivity index (χ0v) is 12.8. The van der Waals surface area contributed by atoms with Crippen LogP contribution in [0.4, 0.5) is 14.5 Å². The van der Waals surface area contributed by atoms with Crippen molar-refractivity contribution in [3.8, 4) is 0 Å². The summed E-state index contributed by atoms with van der Waals surface area (Å²) in [6, 6.07) is 13.6. The van der Waals surface area contributed by atoms with Gasteiger partial charge in [-0.1, -0.05) is 24.3 Å². The minimum atomic E-state index is -0.953. The molecule has 122 valence electrons. The monoisotopic (exact) mass is 318 g/mol. The topological polar surface area (TPSA) is 35.5 Å². The number of likely N-dealkylation sites (tertiary alicyclic amines) is 1. The van der Waals surface area contributed by atoms with Gasteiger partial charge in [-0.3, -0.25) is 4.90 Å². The first-order chi connectivity index (χ1) is 11.1. The molecule has 2 aromatic rings. The van der Waals surface area contributed by atoms with E-state index >= 15 is 0 Å². The largest absolute Gasteiger partial charge is 0.387 e. The lowest BCUT2D eigenvalue weighted by Gasteiger charge is -2.21. The van der Waals surface area contributed by atoms with Crippen LogP contribution in [0.1, 0.15) is 18.1 Å². The van der Waals surface area contributed by atoms with Crippen LogP contribution in [0, 0.1) is 11.6 Å². The Morgan fingerprint density at radius 1 is 1.17 bits per heavy atom. The molecule has 2 aromatic carbocycles. The number of rotatable bonds is 5.